The number of carbonyl (C=O) groups excluding carboxylic acids is 2. The summed E-state index contributed by atoms with van der Waals surface area (Å²) in [6, 6.07) is 0. The van der Waals surface area contributed by atoms with Gasteiger partial charge in [-0.25, -0.2) is 0 Å². The lowest BCUT2D eigenvalue weighted by Gasteiger charge is -2.20. The molecule has 2 fully saturated rings. The van der Waals surface area contributed by atoms with Crippen molar-refractivity contribution >= 4 is 11.7 Å². The minimum atomic E-state index is 0.0243. The molecule has 0 spiro atoms. The molecule has 3 nitrogen and oxygen atoms in total. The summed E-state index contributed by atoms with van der Waals surface area (Å²) in [6.07, 6.45) is 5.89. The monoisotopic (exact) mass is 209 g/mol. The molecule has 0 aromatic carbocycles. The maximum Gasteiger partial charge on any atom is 0.220 e. The van der Waals surface area contributed by atoms with Gasteiger partial charge < -0.3 is 5.32 Å². The molecule has 1 amide bonds. The number of hydrogen-bond acceptors (Lipinski definition) is 2. The molecule has 0 saturated heterocycles. The molecule has 15 heavy (non-hydrogen) atoms. The lowest BCUT2D eigenvalue weighted by Crippen LogP contribution is -2.30. The first kappa shape index (κ1) is 10.7. The summed E-state index contributed by atoms with van der Waals surface area (Å²) >= 11 is 0. The molecule has 0 radical (unpaired) electrons. The molecular weight excluding hydrogens is 190 g/mol. The second-order valence-electron chi connectivity index (χ2n) is 5.12. The van der Waals surface area contributed by atoms with Crippen LogP contribution in [-0.4, -0.2) is 18.2 Å². The Balaban J connectivity index is 1.73. The van der Waals surface area contributed by atoms with Crippen LogP contribution in [0.15, 0.2) is 0 Å². The van der Waals surface area contributed by atoms with E-state index in [9.17, 15) is 9.59 Å². The fraction of sp³-hybridized carbons (Fsp3) is 0.833. The summed E-state index contributed by atoms with van der Waals surface area (Å²) in [5.41, 5.74) is 0. The first-order valence-electron chi connectivity index (χ1n) is 5.91. The highest BCUT2D eigenvalue weighted by Gasteiger charge is 2.39. The van der Waals surface area contributed by atoms with E-state index in [1.807, 2.05) is 0 Å². The molecule has 2 rings (SSSR count). The molecule has 2 aliphatic carbocycles. The van der Waals surface area contributed by atoms with E-state index in [2.05, 4.69) is 5.32 Å². The molecule has 0 heterocycles. The van der Waals surface area contributed by atoms with Gasteiger partial charge in [0.2, 0.25) is 5.91 Å². The number of Topliss-reactive ketones (excluding diaryl/α,β-unsaturated/α-hetero) is 1. The molecule has 0 aliphatic heterocycles. The third-order valence-electron chi connectivity index (χ3n) is 3.87. The number of carbonyl (C=O) groups is 2. The molecule has 3 atom stereocenters. The Kier molecular flexibility index (Phi) is 3.08. The molecule has 1 N–H and O–H groups in total. The Hall–Kier alpha value is -0.860. The maximum absolute atomic E-state index is 11.5. The van der Waals surface area contributed by atoms with Gasteiger partial charge in [0.1, 0.15) is 5.78 Å². The van der Waals surface area contributed by atoms with Crippen LogP contribution < -0.4 is 5.32 Å². The molecule has 84 valence electrons. The van der Waals surface area contributed by atoms with Crippen molar-refractivity contribution in [2.24, 2.45) is 17.8 Å². The number of rotatable bonds is 4. The summed E-state index contributed by atoms with van der Waals surface area (Å²) in [6.45, 7) is 1.69. The van der Waals surface area contributed by atoms with Gasteiger partial charge in [-0.3, -0.25) is 9.59 Å². The van der Waals surface area contributed by atoms with Crippen LogP contribution in [-0.2, 0) is 9.59 Å². The van der Waals surface area contributed by atoms with Crippen LogP contribution in [0.25, 0.3) is 0 Å². The lowest BCUT2D eigenvalue weighted by atomic mass is 9.86. The van der Waals surface area contributed by atoms with E-state index in [4.69, 9.17) is 0 Å². The highest BCUT2D eigenvalue weighted by molar-refractivity contribution is 5.84. The van der Waals surface area contributed by atoms with E-state index in [1.165, 1.54) is 32.6 Å². The number of amides is 1. The Morgan fingerprint density at radius 2 is 2.07 bits per heavy atom. The molecule has 3 heteroatoms. The summed E-state index contributed by atoms with van der Waals surface area (Å²) in [5.74, 6) is 2.36. The first-order valence-corrected chi connectivity index (χ1v) is 5.91. The standard InChI is InChI=1S/C12H19NO2/c1-8(14)7-13-12(15)6-11-5-9-2-3-10(11)4-9/h9-11H,2-7H2,1H3,(H,13,15). The number of hydrogen-bond donors (Lipinski definition) is 1. The van der Waals surface area contributed by atoms with Crippen molar-refractivity contribution in [2.45, 2.75) is 39.0 Å². The van der Waals surface area contributed by atoms with Crippen LogP contribution in [0.1, 0.15) is 39.0 Å². The van der Waals surface area contributed by atoms with Gasteiger partial charge in [0.15, 0.2) is 0 Å². The van der Waals surface area contributed by atoms with Crippen molar-refractivity contribution in [2.75, 3.05) is 6.54 Å². The van der Waals surface area contributed by atoms with Gasteiger partial charge in [-0.05, 0) is 43.9 Å². The van der Waals surface area contributed by atoms with Crippen molar-refractivity contribution in [1.29, 1.82) is 0 Å². The SMILES string of the molecule is CC(=O)CNC(=O)CC1CC2CCC1C2. The average molecular weight is 209 g/mol. The van der Waals surface area contributed by atoms with E-state index in [0.717, 1.165) is 11.8 Å². The van der Waals surface area contributed by atoms with E-state index >= 15 is 0 Å². The van der Waals surface area contributed by atoms with Gasteiger partial charge in [0.25, 0.3) is 0 Å². The zero-order valence-corrected chi connectivity index (χ0v) is 9.29. The average Bonchev–Trinajstić information content (AvgIpc) is 2.76. The van der Waals surface area contributed by atoms with Crippen molar-refractivity contribution < 1.29 is 9.59 Å². The summed E-state index contributed by atoms with van der Waals surface area (Å²) < 4.78 is 0. The van der Waals surface area contributed by atoms with Gasteiger partial charge in [-0.1, -0.05) is 6.42 Å². The van der Waals surface area contributed by atoms with Gasteiger partial charge in [0.05, 0.1) is 6.54 Å². The molecule has 2 bridgehead atoms. The minimum absolute atomic E-state index is 0.0243. The van der Waals surface area contributed by atoms with E-state index in [-0.39, 0.29) is 18.2 Å². The third kappa shape index (κ3) is 2.58. The van der Waals surface area contributed by atoms with Gasteiger partial charge in [-0.2, -0.15) is 0 Å². The quantitative estimate of drug-likeness (QED) is 0.763. The topological polar surface area (TPSA) is 46.2 Å². The number of fused-ring (bicyclic) bond motifs is 2. The Bertz CT molecular complexity index is 275. The first-order chi connectivity index (χ1) is 7.15. The van der Waals surface area contributed by atoms with Gasteiger partial charge >= 0.3 is 0 Å². The van der Waals surface area contributed by atoms with Crippen LogP contribution in [0.3, 0.4) is 0 Å². The molecule has 0 aromatic rings. The fourth-order valence-corrected chi connectivity index (χ4v) is 3.16. The van der Waals surface area contributed by atoms with E-state index in [1.54, 1.807) is 0 Å². The summed E-state index contributed by atoms with van der Waals surface area (Å²) in [5, 5.41) is 2.68. The zero-order valence-electron chi connectivity index (χ0n) is 9.29. The number of nitrogens with one attached hydrogen (secondary N) is 1. The molecule has 0 aromatic heterocycles. The van der Waals surface area contributed by atoms with Crippen LogP contribution in [0.5, 0.6) is 0 Å². The summed E-state index contributed by atoms with van der Waals surface area (Å²) in [4.78, 5) is 22.2. The van der Waals surface area contributed by atoms with Crippen molar-refractivity contribution in [3.05, 3.63) is 0 Å². The van der Waals surface area contributed by atoms with Gasteiger partial charge in [-0.15, -0.1) is 0 Å². The van der Waals surface area contributed by atoms with Crippen molar-refractivity contribution in [3.63, 3.8) is 0 Å². The highest BCUT2D eigenvalue weighted by atomic mass is 16.2. The Morgan fingerprint density at radius 1 is 1.27 bits per heavy atom. The predicted octanol–water partition coefficient (Wildman–Crippen LogP) is 1.52. The fourth-order valence-electron chi connectivity index (χ4n) is 3.16. The van der Waals surface area contributed by atoms with Crippen LogP contribution in [0, 0.1) is 17.8 Å². The lowest BCUT2D eigenvalue weighted by molar-refractivity contribution is -0.125. The second-order valence-corrected chi connectivity index (χ2v) is 5.12. The molecular formula is C12H19NO2. The molecule has 2 aliphatic rings. The molecule has 3 unspecified atom stereocenters. The normalized spacial score (nSPS) is 33.0. The largest absolute Gasteiger partial charge is 0.349 e. The summed E-state index contributed by atoms with van der Waals surface area (Å²) in [7, 11) is 0. The minimum Gasteiger partial charge on any atom is -0.349 e. The third-order valence-corrected chi connectivity index (χ3v) is 3.87. The maximum atomic E-state index is 11.5. The predicted molar refractivity (Wildman–Crippen MR) is 57.2 cm³/mol. The Morgan fingerprint density at radius 3 is 2.60 bits per heavy atom. The van der Waals surface area contributed by atoms with Crippen LogP contribution >= 0.6 is 0 Å². The second kappa shape index (κ2) is 4.33. The van der Waals surface area contributed by atoms with Crippen molar-refractivity contribution in [3.8, 4) is 0 Å². The van der Waals surface area contributed by atoms with E-state index in [0.29, 0.717) is 12.3 Å². The smallest absolute Gasteiger partial charge is 0.220 e. The zero-order chi connectivity index (χ0) is 10.8. The molecule has 2 saturated carbocycles. The highest BCUT2D eigenvalue weighted by Crippen LogP contribution is 2.49. The van der Waals surface area contributed by atoms with Crippen molar-refractivity contribution in [1.82, 2.24) is 5.32 Å². The van der Waals surface area contributed by atoms with Gasteiger partial charge in [0, 0.05) is 6.42 Å². The Labute approximate surface area is 90.6 Å². The number of ketones is 1. The van der Waals surface area contributed by atoms with Crippen LogP contribution in [0.4, 0.5) is 0 Å². The van der Waals surface area contributed by atoms with Crippen LogP contribution in [0.2, 0.25) is 0 Å². The van der Waals surface area contributed by atoms with E-state index < -0.39 is 0 Å².